The molecule has 3 nitrogen and oxygen atoms in total. The third-order valence-corrected chi connectivity index (χ3v) is 4.22. The van der Waals surface area contributed by atoms with Crippen LogP contribution in [0.2, 0.25) is 0 Å². The molecule has 1 N–H and O–H groups in total. The van der Waals surface area contributed by atoms with Crippen LogP contribution in [-0.4, -0.2) is 50.8 Å². The lowest BCUT2D eigenvalue weighted by molar-refractivity contribution is 0.0728. The Balaban J connectivity index is 1.72. The molecule has 0 spiro atoms. The minimum absolute atomic E-state index is 0.783. The second kappa shape index (κ2) is 5.99. The normalized spacial score (nSPS) is 35.2. The lowest BCUT2D eigenvalue weighted by Crippen LogP contribution is -2.49. The van der Waals surface area contributed by atoms with E-state index < -0.39 is 0 Å². The Labute approximate surface area is 99.5 Å². The van der Waals surface area contributed by atoms with Gasteiger partial charge >= 0.3 is 0 Å². The molecule has 3 heteroatoms. The van der Waals surface area contributed by atoms with Crippen molar-refractivity contribution in [2.45, 2.75) is 32.2 Å². The fourth-order valence-corrected chi connectivity index (χ4v) is 3.14. The Morgan fingerprint density at radius 3 is 2.81 bits per heavy atom. The highest BCUT2D eigenvalue weighted by atomic mass is 16.5. The first-order valence-corrected chi connectivity index (χ1v) is 6.78. The first kappa shape index (κ1) is 12.3. The molecule has 3 unspecified atom stereocenters. The number of hydrogen-bond donors (Lipinski definition) is 1. The van der Waals surface area contributed by atoms with Crippen molar-refractivity contribution in [3.63, 3.8) is 0 Å². The van der Waals surface area contributed by atoms with E-state index in [1.807, 2.05) is 7.11 Å². The molecule has 2 aliphatic rings. The van der Waals surface area contributed by atoms with Crippen LogP contribution in [0, 0.1) is 11.8 Å². The van der Waals surface area contributed by atoms with E-state index >= 15 is 0 Å². The van der Waals surface area contributed by atoms with Gasteiger partial charge in [0.1, 0.15) is 0 Å². The van der Waals surface area contributed by atoms with Gasteiger partial charge in [0, 0.05) is 19.7 Å². The van der Waals surface area contributed by atoms with Crippen molar-refractivity contribution in [2.75, 3.05) is 39.9 Å². The van der Waals surface area contributed by atoms with Gasteiger partial charge in [-0.05, 0) is 50.7 Å². The molecule has 16 heavy (non-hydrogen) atoms. The van der Waals surface area contributed by atoms with Crippen molar-refractivity contribution in [2.24, 2.45) is 11.8 Å². The molecule has 1 saturated heterocycles. The molecule has 1 saturated carbocycles. The summed E-state index contributed by atoms with van der Waals surface area (Å²) < 4.78 is 5.26. The number of likely N-dealkylation sites (tertiary alicyclic amines) is 1. The monoisotopic (exact) mass is 226 g/mol. The van der Waals surface area contributed by atoms with Gasteiger partial charge in [-0.3, -0.25) is 4.90 Å². The third kappa shape index (κ3) is 2.76. The van der Waals surface area contributed by atoms with Crippen molar-refractivity contribution >= 4 is 0 Å². The molecule has 2 rings (SSSR count). The Hall–Kier alpha value is -0.120. The van der Waals surface area contributed by atoms with Gasteiger partial charge in [0.2, 0.25) is 0 Å². The van der Waals surface area contributed by atoms with Crippen molar-refractivity contribution < 1.29 is 4.74 Å². The Morgan fingerprint density at radius 1 is 1.31 bits per heavy atom. The standard InChI is InChI=1S/C13H26N2O/c1-3-14-8-12-4-5-13(12)15-7-6-11(9-15)10-16-2/h11-14H,3-10H2,1-2H3. The van der Waals surface area contributed by atoms with Crippen LogP contribution in [0.5, 0.6) is 0 Å². The van der Waals surface area contributed by atoms with Crippen molar-refractivity contribution in [3.05, 3.63) is 0 Å². The average Bonchev–Trinajstić information content (AvgIpc) is 2.66. The van der Waals surface area contributed by atoms with Gasteiger partial charge in [-0.2, -0.15) is 0 Å². The van der Waals surface area contributed by atoms with Crippen LogP contribution in [0.4, 0.5) is 0 Å². The fraction of sp³-hybridized carbons (Fsp3) is 1.00. The molecule has 94 valence electrons. The van der Waals surface area contributed by atoms with Crippen LogP contribution < -0.4 is 5.32 Å². The molecule has 0 aromatic rings. The molecular formula is C13H26N2O. The SMILES string of the molecule is CCNCC1CCC1N1CCC(COC)C1. The molecule has 1 heterocycles. The molecule has 0 aromatic heterocycles. The van der Waals surface area contributed by atoms with E-state index in [0.717, 1.165) is 31.0 Å². The minimum Gasteiger partial charge on any atom is -0.384 e. The van der Waals surface area contributed by atoms with Gasteiger partial charge in [0.05, 0.1) is 6.61 Å². The van der Waals surface area contributed by atoms with Gasteiger partial charge in [0.25, 0.3) is 0 Å². The van der Waals surface area contributed by atoms with E-state index in [1.165, 1.54) is 38.9 Å². The summed E-state index contributed by atoms with van der Waals surface area (Å²) in [7, 11) is 1.82. The molecular weight excluding hydrogens is 200 g/mol. The second-order valence-corrected chi connectivity index (χ2v) is 5.32. The topological polar surface area (TPSA) is 24.5 Å². The van der Waals surface area contributed by atoms with Gasteiger partial charge in [-0.15, -0.1) is 0 Å². The van der Waals surface area contributed by atoms with Crippen LogP contribution in [0.3, 0.4) is 0 Å². The first-order valence-electron chi connectivity index (χ1n) is 6.78. The zero-order chi connectivity index (χ0) is 11.4. The van der Waals surface area contributed by atoms with E-state index in [1.54, 1.807) is 0 Å². The highest BCUT2D eigenvalue weighted by Gasteiger charge is 2.38. The quantitative estimate of drug-likeness (QED) is 0.740. The minimum atomic E-state index is 0.783. The smallest absolute Gasteiger partial charge is 0.0503 e. The largest absolute Gasteiger partial charge is 0.384 e. The van der Waals surface area contributed by atoms with E-state index in [0.29, 0.717) is 0 Å². The Bertz CT molecular complexity index is 210. The maximum atomic E-state index is 5.26. The van der Waals surface area contributed by atoms with Crippen LogP contribution in [0.15, 0.2) is 0 Å². The van der Waals surface area contributed by atoms with E-state index in [2.05, 4.69) is 17.1 Å². The molecule has 0 amide bonds. The summed E-state index contributed by atoms with van der Waals surface area (Å²) in [4.78, 5) is 2.70. The summed E-state index contributed by atoms with van der Waals surface area (Å²) in [5.41, 5.74) is 0. The summed E-state index contributed by atoms with van der Waals surface area (Å²) in [6, 6.07) is 0.862. The summed E-state index contributed by atoms with van der Waals surface area (Å²) in [6.45, 7) is 8.02. The van der Waals surface area contributed by atoms with Crippen molar-refractivity contribution in [3.8, 4) is 0 Å². The molecule has 0 radical (unpaired) electrons. The number of rotatable bonds is 6. The summed E-state index contributed by atoms with van der Waals surface area (Å²) >= 11 is 0. The van der Waals surface area contributed by atoms with E-state index in [4.69, 9.17) is 4.74 Å². The Kier molecular flexibility index (Phi) is 4.62. The van der Waals surface area contributed by atoms with Crippen LogP contribution >= 0.6 is 0 Å². The first-order chi connectivity index (χ1) is 7.85. The predicted molar refractivity (Wildman–Crippen MR) is 66.6 cm³/mol. The fourth-order valence-electron chi connectivity index (χ4n) is 3.14. The van der Waals surface area contributed by atoms with Gasteiger partial charge in [-0.1, -0.05) is 6.92 Å². The summed E-state index contributed by atoms with van der Waals surface area (Å²) in [5.74, 6) is 1.69. The molecule has 1 aliphatic heterocycles. The third-order valence-electron chi connectivity index (χ3n) is 4.22. The summed E-state index contributed by atoms with van der Waals surface area (Å²) in [6.07, 6.45) is 4.16. The number of ether oxygens (including phenoxy) is 1. The second-order valence-electron chi connectivity index (χ2n) is 5.32. The predicted octanol–water partition coefficient (Wildman–Crippen LogP) is 1.34. The zero-order valence-electron chi connectivity index (χ0n) is 10.7. The van der Waals surface area contributed by atoms with Crippen LogP contribution in [0.25, 0.3) is 0 Å². The van der Waals surface area contributed by atoms with Crippen LogP contribution in [-0.2, 0) is 4.74 Å². The lowest BCUT2D eigenvalue weighted by atomic mass is 9.78. The molecule has 0 aromatic carbocycles. The maximum absolute atomic E-state index is 5.26. The highest BCUT2D eigenvalue weighted by Crippen LogP contribution is 2.34. The van der Waals surface area contributed by atoms with Gasteiger partial charge in [0.15, 0.2) is 0 Å². The van der Waals surface area contributed by atoms with E-state index in [9.17, 15) is 0 Å². The zero-order valence-corrected chi connectivity index (χ0v) is 10.7. The maximum Gasteiger partial charge on any atom is 0.0503 e. The van der Waals surface area contributed by atoms with Gasteiger partial charge in [-0.25, -0.2) is 0 Å². The summed E-state index contributed by atoms with van der Waals surface area (Å²) in [5, 5.41) is 3.49. The molecule has 1 aliphatic carbocycles. The number of methoxy groups -OCH3 is 1. The lowest BCUT2D eigenvalue weighted by Gasteiger charge is -2.43. The van der Waals surface area contributed by atoms with Crippen LogP contribution in [0.1, 0.15) is 26.2 Å². The Morgan fingerprint density at radius 2 is 2.19 bits per heavy atom. The molecule has 0 bridgehead atoms. The van der Waals surface area contributed by atoms with Crippen molar-refractivity contribution in [1.29, 1.82) is 0 Å². The highest BCUT2D eigenvalue weighted by molar-refractivity contribution is 4.93. The number of hydrogen-bond acceptors (Lipinski definition) is 3. The molecule has 2 fully saturated rings. The molecule has 3 atom stereocenters. The van der Waals surface area contributed by atoms with E-state index in [-0.39, 0.29) is 0 Å². The van der Waals surface area contributed by atoms with Crippen molar-refractivity contribution in [1.82, 2.24) is 10.2 Å². The number of nitrogens with zero attached hydrogens (tertiary/aromatic N) is 1. The van der Waals surface area contributed by atoms with Gasteiger partial charge < -0.3 is 10.1 Å². The average molecular weight is 226 g/mol. The number of nitrogens with one attached hydrogen (secondary N) is 1.